The van der Waals surface area contributed by atoms with Crippen LogP contribution >= 0.6 is 21.6 Å². The summed E-state index contributed by atoms with van der Waals surface area (Å²) in [5, 5.41) is 1.43. The molecular weight excluding hydrogens is 324 g/mol. The number of nitrogens with zero attached hydrogens (tertiary/aromatic N) is 2. The lowest BCUT2D eigenvalue weighted by molar-refractivity contribution is -0.197. The molecule has 0 N–H and O–H groups in total. The van der Waals surface area contributed by atoms with E-state index >= 15 is 0 Å². The number of hydroxylamine groups is 2. The molecule has 2 amide bonds. The fourth-order valence-electron chi connectivity index (χ4n) is 1.30. The normalized spacial score (nSPS) is 15.1. The van der Waals surface area contributed by atoms with Gasteiger partial charge in [-0.3, -0.25) is 14.6 Å². The van der Waals surface area contributed by atoms with E-state index in [0.29, 0.717) is 10.8 Å². The van der Waals surface area contributed by atoms with Gasteiger partial charge in [0, 0.05) is 24.8 Å². The molecule has 0 spiro atoms. The second kappa shape index (κ2) is 12.3. The van der Waals surface area contributed by atoms with Gasteiger partial charge in [-0.1, -0.05) is 30.7 Å². The third-order valence-corrected chi connectivity index (χ3v) is 4.60. The van der Waals surface area contributed by atoms with E-state index in [9.17, 15) is 14.4 Å². The number of carbonyl (C=O) groups is 3. The lowest BCUT2D eigenvalue weighted by Crippen LogP contribution is -2.32. The highest BCUT2D eigenvalue weighted by Gasteiger charge is 2.32. The number of hydrogen-bond donors (Lipinski definition) is 0. The Labute approximate surface area is 139 Å². The van der Waals surface area contributed by atoms with Crippen LogP contribution in [0.25, 0.3) is 0 Å². The van der Waals surface area contributed by atoms with E-state index in [2.05, 4.69) is 4.99 Å². The van der Waals surface area contributed by atoms with Gasteiger partial charge in [0.15, 0.2) is 0 Å². The number of aliphatic imine (C=N–C) groups is 1. The molecule has 0 aliphatic carbocycles. The standard InChI is InChI=1S/C12H16N2O4S2.C2H6/c1-3-9(13-4-2)20-19-8-7-12(17)18-14-10(15)5-6-11(14)16;1-2/h3-4H,5-8H2,1-2H3;1-2H3/b9-3+,13-4-;. The molecule has 0 saturated carbocycles. The van der Waals surface area contributed by atoms with Gasteiger partial charge in [0.25, 0.3) is 11.8 Å². The van der Waals surface area contributed by atoms with Crippen LogP contribution in [0.5, 0.6) is 0 Å². The highest BCUT2D eigenvalue weighted by molar-refractivity contribution is 8.78. The summed E-state index contributed by atoms with van der Waals surface area (Å²) in [5.41, 5.74) is 0. The molecule has 1 saturated heterocycles. The van der Waals surface area contributed by atoms with Crippen LogP contribution in [0.2, 0.25) is 0 Å². The number of rotatable bonds is 7. The van der Waals surface area contributed by atoms with Gasteiger partial charge < -0.3 is 4.84 Å². The average Bonchev–Trinajstić information content (AvgIpc) is 2.84. The second-order valence-corrected chi connectivity index (χ2v) is 6.15. The van der Waals surface area contributed by atoms with Crippen LogP contribution < -0.4 is 0 Å². The van der Waals surface area contributed by atoms with Crippen molar-refractivity contribution >= 4 is 45.6 Å². The summed E-state index contributed by atoms with van der Waals surface area (Å²) in [7, 11) is 2.92. The van der Waals surface area contributed by atoms with E-state index in [-0.39, 0.29) is 19.3 Å². The third-order valence-electron chi connectivity index (χ3n) is 2.24. The highest BCUT2D eigenvalue weighted by Crippen LogP contribution is 2.31. The molecule has 8 heteroatoms. The van der Waals surface area contributed by atoms with Gasteiger partial charge in [-0.25, -0.2) is 4.79 Å². The first kappa shape index (κ1) is 20.7. The molecule has 124 valence electrons. The Morgan fingerprint density at radius 3 is 2.36 bits per heavy atom. The zero-order valence-electron chi connectivity index (χ0n) is 13.3. The van der Waals surface area contributed by atoms with Crippen LogP contribution in [0.1, 0.15) is 47.0 Å². The van der Waals surface area contributed by atoms with E-state index in [4.69, 9.17) is 4.84 Å². The number of hydrogen-bond acceptors (Lipinski definition) is 7. The van der Waals surface area contributed by atoms with Crippen molar-refractivity contribution in [3.05, 3.63) is 11.1 Å². The van der Waals surface area contributed by atoms with Crippen LogP contribution in [0.15, 0.2) is 16.1 Å². The van der Waals surface area contributed by atoms with Gasteiger partial charge in [-0.15, -0.1) is 5.06 Å². The minimum Gasteiger partial charge on any atom is -0.330 e. The van der Waals surface area contributed by atoms with Crippen molar-refractivity contribution in [2.45, 2.75) is 47.0 Å². The van der Waals surface area contributed by atoms with Crippen LogP contribution in [0.3, 0.4) is 0 Å². The molecule has 0 aromatic carbocycles. The van der Waals surface area contributed by atoms with Crippen LogP contribution in [-0.4, -0.2) is 34.8 Å². The molecule has 0 radical (unpaired) electrons. The van der Waals surface area contributed by atoms with E-state index in [1.165, 1.54) is 21.6 Å². The first-order valence-electron chi connectivity index (χ1n) is 7.09. The molecule has 0 unspecified atom stereocenters. The Morgan fingerprint density at radius 1 is 1.27 bits per heavy atom. The van der Waals surface area contributed by atoms with Crippen LogP contribution in [0.4, 0.5) is 0 Å². The number of amides is 2. The summed E-state index contributed by atoms with van der Waals surface area (Å²) in [6.07, 6.45) is 3.91. The lowest BCUT2D eigenvalue weighted by atomic mass is 10.4. The topological polar surface area (TPSA) is 76.0 Å². The molecule has 0 atom stereocenters. The van der Waals surface area contributed by atoms with Gasteiger partial charge in [0.2, 0.25) is 0 Å². The predicted octanol–water partition coefficient (Wildman–Crippen LogP) is 3.34. The zero-order chi connectivity index (χ0) is 17.0. The molecule has 0 aromatic rings. The maximum atomic E-state index is 11.5. The third kappa shape index (κ3) is 7.65. The van der Waals surface area contributed by atoms with Crippen molar-refractivity contribution < 1.29 is 19.2 Å². The van der Waals surface area contributed by atoms with E-state index in [1.54, 1.807) is 6.21 Å². The Bertz CT molecular complexity index is 434. The quantitative estimate of drug-likeness (QED) is 0.304. The van der Waals surface area contributed by atoms with Gasteiger partial charge in [-0.05, 0) is 24.6 Å². The smallest absolute Gasteiger partial charge is 0.330 e. The molecule has 0 aromatic heterocycles. The molecule has 1 aliphatic rings. The van der Waals surface area contributed by atoms with Crippen molar-refractivity contribution in [2.75, 3.05) is 5.75 Å². The maximum Gasteiger partial charge on any atom is 0.334 e. The summed E-state index contributed by atoms with van der Waals surface area (Å²) >= 11 is 0. The fraction of sp³-hybridized carbons (Fsp3) is 0.571. The van der Waals surface area contributed by atoms with Gasteiger partial charge in [-0.2, -0.15) is 0 Å². The Hall–Kier alpha value is -1.28. The second-order valence-electron chi connectivity index (χ2n) is 3.71. The Balaban J connectivity index is 0.00000211. The van der Waals surface area contributed by atoms with Gasteiger partial charge >= 0.3 is 5.97 Å². The molecule has 0 bridgehead atoms. The van der Waals surface area contributed by atoms with Crippen LogP contribution in [-0.2, 0) is 19.2 Å². The van der Waals surface area contributed by atoms with Crippen molar-refractivity contribution in [3.8, 4) is 0 Å². The number of carbonyl (C=O) groups excluding carboxylic acids is 3. The first-order valence-corrected chi connectivity index (χ1v) is 9.41. The molecule has 1 fully saturated rings. The van der Waals surface area contributed by atoms with Crippen LogP contribution in [0, 0.1) is 0 Å². The monoisotopic (exact) mass is 346 g/mol. The van der Waals surface area contributed by atoms with Crippen molar-refractivity contribution in [1.82, 2.24) is 5.06 Å². The summed E-state index contributed by atoms with van der Waals surface area (Å²) in [6.45, 7) is 7.71. The molecule has 6 nitrogen and oxygen atoms in total. The van der Waals surface area contributed by atoms with E-state index in [1.807, 2.05) is 33.8 Å². The molecule has 1 heterocycles. The van der Waals surface area contributed by atoms with E-state index in [0.717, 1.165) is 5.03 Å². The van der Waals surface area contributed by atoms with Crippen molar-refractivity contribution in [1.29, 1.82) is 0 Å². The Kier molecular flexibility index (Phi) is 11.6. The summed E-state index contributed by atoms with van der Waals surface area (Å²) in [5.74, 6) is -0.989. The Morgan fingerprint density at radius 2 is 1.86 bits per heavy atom. The van der Waals surface area contributed by atoms with Crippen molar-refractivity contribution in [2.24, 2.45) is 4.99 Å². The molecular formula is C14H22N2O4S2. The summed E-state index contributed by atoms with van der Waals surface area (Å²) < 4.78 is 0. The number of allylic oxidation sites excluding steroid dienone is 1. The molecule has 1 rings (SSSR count). The van der Waals surface area contributed by atoms with Gasteiger partial charge in [0.05, 0.1) is 6.42 Å². The summed E-state index contributed by atoms with van der Waals surface area (Å²) in [4.78, 5) is 42.9. The van der Waals surface area contributed by atoms with E-state index < -0.39 is 17.8 Å². The van der Waals surface area contributed by atoms with Gasteiger partial charge in [0.1, 0.15) is 5.03 Å². The fourth-order valence-corrected chi connectivity index (χ4v) is 3.28. The molecule has 22 heavy (non-hydrogen) atoms. The predicted molar refractivity (Wildman–Crippen MR) is 91.1 cm³/mol. The maximum absolute atomic E-state index is 11.5. The lowest BCUT2D eigenvalue weighted by Gasteiger charge is -2.12. The minimum absolute atomic E-state index is 0.108. The highest BCUT2D eigenvalue weighted by atomic mass is 33.1. The first-order chi connectivity index (χ1) is 10.6. The minimum atomic E-state index is -0.581. The zero-order valence-corrected chi connectivity index (χ0v) is 15.0. The summed E-state index contributed by atoms with van der Waals surface area (Å²) in [6, 6.07) is 0. The largest absolute Gasteiger partial charge is 0.334 e. The molecule has 1 aliphatic heterocycles. The SMILES string of the molecule is C/C=N\C(=C/C)SSCCC(=O)ON1C(=O)CCC1=O.CC. The number of imide groups is 1. The average molecular weight is 346 g/mol. The van der Waals surface area contributed by atoms with Crippen molar-refractivity contribution in [3.63, 3.8) is 0 Å².